The van der Waals surface area contributed by atoms with Crippen molar-refractivity contribution >= 4 is 29.2 Å². The van der Waals surface area contributed by atoms with Gasteiger partial charge in [0.2, 0.25) is 5.91 Å². The van der Waals surface area contributed by atoms with E-state index in [0.29, 0.717) is 23.7 Å². The van der Waals surface area contributed by atoms with E-state index in [1.807, 2.05) is 0 Å². The lowest BCUT2D eigenvalue weighted by Crippen LogP contribution is -2.34. The van der Waals surface area contributed by atoms with Gasteiger partial charge in [0.15, 0.2) is 0 Å². The molecule has 0 aliphatic carbocycles. The summed E-state index contributed by atoms with van der Waals surface area (Å²) in [4.78, 5) is 27.0. The van der Waals surface area contributed by atoms with Crippen molar-refractivity contribution in [3.05, 3.63) is 23.5 Å². The van der Waals surface area contributed by atoms with Crippen LogP contribution in [0.3, 0.4) is 0 Å². The lowest BCUT2D eigenvalue weighted by Gasteiger charge is -2.25. The molecule has 0 aliphatic rings. The molecule has 0 radical (unpaired) electrons. The number of hydrogen-bond donors (Lipinski definition) is 2. The number of carboxylic acids is 1. The Labute approximate surface area is 117 Å². The highest BCUT2D eigenvalue weighted by Crippen LogP contribution is 2.31. The minimum atomic E-state index is -1.01. The largest absolute Gasteiger partial charge is 0.481 e. The lowest BCUT2D eigenvalue weighted by atomic mass is 9.79. The van der Waals surface area contributed by atoms with E-state index < -0.39 is 11.4 Å². The molecule has 0 atom stereocenters. The molecule has 6 heteroatoms. The summed E-state index contributed by atoms with van der Waals surface area (Å²) in [6.45, 7) is 3.55. The van der Waals surface area contributed by atoms with E-state index in [2.05, 4.69) is 10.3 Å². The van der Waals surface area contributed by atoms with E-state index >= 15 is 0 Å². The van der Waals surface area contributed by atoms with E-state index in [1.54, 1.807) is 26.0 Å². The summed E-state index contributed by atoms with van der Waals surface area (Å²) in [5.74, 6) is -1.28. The van der Waals surface area contributed by atoms with E-state index in [0.717, 1.165) is 0 Å². The number of aliphatic carboxylic acids is 1. The molecule has 1 aromatic heterocycles. The van der Waals surface area contributed by atoms with Crippen molar-refractivity contribution in [2.45, 2.75) is 33.1 Å². The number of anilines is 1. The second-order valence-corrected chi connectivity index (χ2v) is 4.77. The zero-order chi connectivity index (χ0) is 14.5. The van der Waals surface area contributed by atoms with Gasteiger partial charge in [-0.05, 0) is 25.0 Å². The fourth-order valence-corrected chi connectivity index (χ4v) is 1.95. The zero-order valence-corrected chi connectivity index (χ0v) is 11.7. The van der Waals surface area contributed by atoms with Crippen LogP contribution in [0.2, 0.25) is 5.15 Å². The maximum atomic E-state index is 11.9. The quantitative estimate of drug-likeness (QED) is 0.787. The number of carbonyl (C=O) groups is 2. The van der Waals surface area contributed by atoms with Crippen LogP contribution in [0.25, 0.3) is 0 Å². The summed E-state index contributed by atoms with van der Waals surface area (Å²) in [5.41, 5.74) is -0.509. The van der Waals surface area contributed by atoms with Crippen LogP contribution in [0.4, 0.5) is 5.69 Å². The number of pyridine rings is 1. The molecule has 0 saturated carbocycles. The molecular weight excluding hydrogens is 268 g/mol. The van der Waals surface area contributed by atoms with Gasteiger partial charge in [0.05, 0.1) is 17.3 Å². The SMILES string of the molecule is CCC(CC)(CC(=O)Nc1ccc(Cl)nc1)C(=O)O. The third-order valence-electron chi connectivity index (χ3n) is 3.32. The molecule has 0 aliphatic heterocycles. The first-order valence-corrected chi connectivity index (χ1v) is 6.46. The average Bonchev–Trinajstić information content (AvgIpc) is 2.38. The van der Waals surface area contributed by atoms with Crippen LogP contribution in [0, 0.1) is 5.41 Å². The summed E-state index contributed by atoms with van der Waals surface area (Å²) in [7, 11) is 0. The Balaban J connectivity index is 2.73. The number of rotatable bonds is 6. The van der Waals surface area contributed by atoms with Gasteiger partial charge in [-0.3, -0.25) is 9.59 Å². The maximum absolute atomic E-state index is 11.9. The predicted octanol–water partition coefficient (Wildman–Crippen LogP) is 2.95. The van der Waals surface area contributed by atoms with Gasteiger partial charge in [0, 0.05) is 6.42 Å². The van der Waals surface area contributed by atoms with E-state index in [-0.39, 0.29) is 12.3 Å². The number of carboxylic acid groups (broad SMARTS) is 1. The molecule has 0 saturated heterocycles. The molecular formula is C13H17ClN2O3. The van der Waals surface area contributed by atoms with Gasteiger partial charge in [0.25, 0.3) is 0 Å². The van der Waals surface area contributed by atoms with Crippen LogP contribution < -0.4 is 5.32 Å². The standard InChI is InChI=1S/C13H17ClN2O3/c1-3-13(4-2,12(18)19)7-11(17)16-9-5-6-10(14)15-8-9/h5-6,8H,3-4,7H2,1-2H3,(H,16,17)(H,18,19). The molecule has 0 unspecified atom stereocenters. The number of amides is 1. The summed E-state index contributed by atoms with van der Waals surface area (Å²) < 4.78 is 0. The monoisotopic (exact) mass is 284 g/mol. The third kappa shape index (κ3) is 3.92. The normalized spacial score (nSPS) is 11.1. The number of nitrogens with zero attached hydrogens (tertiary/aromatic N) is 1. The Morgan fingerprint density at radius 1 is 1.37 bits per heavy atom. The van der Waals surface area contributed by atoms with Crippen LogP contribution in [-0.2, 0) is 9.59 Å². The van der Waals surface area contributed by atoms with Crippen LogP contribution in [0.5, 0.6) is 0 Å². The zero-order valence-electron chi connectivity index (χ0n) is 10.9. The van der Waals surface area contributed by atoms with Crippen LogP contribution >= 0.6 is 11.6 Å². The topological polar surface area (TPSA) is 79.3 Å². The molecule has 2 N–H and O–H groups in total. The molecule has 0 spiro atoms. The molecule has 19 heavy (non-hydrogen) atoms. The molecule has 1 aromatic rings. The average molecular weight is 285 g/mol. The highest BCUT2D eigenvalue weighted by Gasteiger charge is 2.37. The number of aromatic nitrogens is 1. The smallest absolute Gasteiger partial charge is 0.310 e. The van der Waals surface area contributed by atoms with E-state index in [9.17, 15) is 14.7 Å². The van der Waals surface area contributed by atoms with Gasteiger partial charge < -0.3 is 10.4 Å². The van der Waals surface area contributed by atoms with E-state index in [4.69, 9.17) is 11.6 Å². The number of nitrogens with one attached hydrogen (secondary N) is 1. The summed E-state index contributed by atoms with van der Waals surface area (Å²) in [6.07, 6.45) is 2.19. The van der Waals surface area contributed by atoms with Gasteiger partial charge in [-0.2, -0.15) is 0 Å². The van der Waals surface area contributed by atoms with E-state index in [1.165, 1.54) is 6.20 Å². The Morgan fingerprint density at radius 2 is 2.00 bits per heavy atom. The van der Waals surface area contributed by atoms with Crippen LogP contribution in [-0.4, -0.2) is 22.0 Å². The minimum Gasteiger partial charge on any atom is -0.481 e. The molecule has 0 fully saturated rings. The molecule has 5 nitrogen and oxygen atoms in total. The molecule has 1 amide bonds. The Kier molecular flexibility index (Phi) is 5.30. The van der Waals surface area contributed by atoms with Crippen molar-refractivity contribution in [3.8, 4) is 0 Å². The Morgan fingerprint density at radius 3 is 2.42 bits per heavy atom. The van der Waals surface area contributed by atoms with Gasteiger partial charge in [-0.25, -0.2) is 4.98 Å². The first-order valence-electron chi connectivity index (χ1n) is 6.08. The Bertz CT molecular complexity index is 455. The van der Waals surface area contributed by atoms with Crippen molar-refractivity contribution in [2.75, 3.05) is 5.32 Å². The summed E-state index contributed by atoms with van der Waals surface area (Å²) in [6, 6.07) is 3.18. The molecule has 1 rings (SSSR count). The summed E-state index contributed by atoms with van der Waals surface area (Å²) in [5, 5.41) is 12.2. The fourth-order valence-electron chi connectivity index (χ4n) is 1.84. The fraction of sp³-hybridized carbons (Fsp3) is 0.462. The molecule has 0 bridgehead atoms. The molecule has 0 aromatic carbocycles. The van der Waals surface area contributed by atoms with Crippen molar-refractivity contribution in [3.63, 3.8) is 0 Å². The lowest BCUT2D eigenvalue weighted by molar-refractivity contribution is -0.151. The third-order valence-corrected chi connectivity index (χ3v) is 3.54. The van der Waals surface area contributed by atoms with Gasteiger partial charge in [0.1, 0.15) is 5.15 Å². The predicted molar refractivity (Wildman–Crippen MR) is 73.1 cm³/mol. The maximum Gasteiger partial charge on any atom is 0.310 e. The van der Waals surface area contributed by atoms with Crippen LogP contribution in [0.1, 0.15) is 33.1 Å². The molecule has 104 valence electrons. The molecule has 1 heterocycles. The minimum absolute atomic E-state index is 0.0576. The van der Waals surface area contributed by atoms with Crippen molar-refractivity contribution in [1.82, 2.24) is 4.98 Å². The number of carbonyl (C=O) groups excluding carboxylic acids is 1. The number of hydrogen-bond acceptors (Lipinski definition) is 3. The summed E-state index contributed by atoms with van der Waals surface area (Å²) >= 11 is 5.64. The van der Waals surface area contributed by atoms with Crippen LogP contribution in [0.15, 0.2) is 18.3 Å². The second-order valence-electron chi connectivity index (χ2n) is 4.39. The van der Waals surface area contributed by atoms with Crippen molar-refractivity contribution in [1.29, 1.82) is 0 Å². The van der Waals surface area contributed by atoms with Crippen molar-refractivity contribution < 1.29 is 14.7 Å². The highest BCUT2D eigenvalue weighted by atomic mass is 35.5. The first-order chi connectivity index (χ1) is 8.93. The first kappa shape index (κ1) is 15.4. The van der Waals surface area contributed by atoms with Gasteiger partial charge in [-0.15, -0.1) is 0 Å². The van der Waals surface area contributed by atoms with Gasteiger partial charge >= 0.3 is 5.97 Å². The number of halogens is 1. The highest BCUT2D eigenvalue weighted by molar-refractivity contribution is 6.29. The Hall–Kier alpha value is -1.62. The van der Waals surface area contributed by atoms with Crippen molar-refractivity contribution in [2.24, 2.45) is 5.41 Å². The van der Waals surface area contributed by atoms with Gasteiger partial charge in [-0.1, -0.05) is 25.4 Å². The second kappa shape index (κ2) is 6.52.